The number of hydroxylamine groups is 2. The maximum Gasteiger partial charge on any atom is 0.469 e. The van der Waals surface area contributed by atoms with Gasteiger partial charge in [0.1, 0.15) is 12.2 Å². The molecule has 1 saturated heterocycles. The van der Waals surface area contributed by atoms with Crippen LogP contribution in [0.3, 0.4) is 0 Å². The van der Waals surface area contributed by atoms with Gasteiger partial charge in [-0.1, -0.05) is 6.07 Å². The number of carbonyl (C=O) groups is 3. The minimum atomic E-state index is -4.58. The van der Waals surface area contributed by atoms with Crippen molar-refractivity contribution in [2.75, 3.05) is 13.2 Å². The number of thiocarbonyl (C=S) groups is 1. The van der Waals surface area contributed by atoms with E-state index in [2.05, 4.69) is 15.2 Å². The molecular weight excluding hydrogens is 509 g/mol. The zero-order valence-electron chi connectivity index (χ0n) is 17.9. The van der Waals surface area contributed by atoms with Crippen molar-refractivity contribution in [3.63, 3.8) is 0 Å². The summed E-state index contributed by atoms with van der Waals surface area (Å²) in [4.78, 5) is 69.0. The largest absolute Gasteiger partial charge is 0.469 e. The molecule has 0 saturated carbocycles. The molecule has 1 aromatic carbocycles. The second-order valence-corrected chi connectivity index (χ2v) is 8.68. The third-order valence-electron chi connectivity index (χ3n) is 4.48. The maximum atomic E-state index is 12.2. The van der Waals surface area contributed by atoms with Crippen molar-refractivity contribution in [2.24, 2.45) is 0 Å². The highest BCUT2D eigenvalue weighted by molar-refractivity contribution is 7.80. The molecule has 0 unspecified atom stereocenters. The molecule has 3 rings (SSSR count). The van der Waals surface area contributed by atoms with Crippen LogP contribution in [0.2, 0.25) is 0 Å². The van der Waals surface area contributed by atoms with Crippen LogP contribution in [0.4, 0.5) is 4.79 Å². The maximum absolute atomic E-state index is 12.2. The number of imide groups is 1. The molecule has 2 aromatic rings. The van der Waals surface area contributed by atoms with Crippen LogP contribution in [0.1, 0.15) is 24.0 Å². The predicted molar refractivity (Wildman–Crippen MR) is 120 cm³/mol. The van der Waals surface area contributed by atoms with E-state index in [0.29, 0.717) is 16.0 Å². The first-order chi connectivity index (χ1) is 16.5. The number of carbonyl (C=O) groups excluding carboxylic acids is 3. The van der Waals surface area contributed by atoms with Gasteiger partial charge in [0.05, 0.1) is 12.2 Å². The molecule has 14 nitrogen and oxygen atoms in total. The van der Waals surface area contributed by atoms with Crippen LogP contribution < -0.4 is 16.3 Å². The number of nitrogens with zero attached hydrogens (tertiary/aromatic N) is 1. The molecular formula is C19H20N3O11PS. The van der Waals surface area contributed by atoms with Crippen LogP contribution in [-0.4, -0.2) is 51.1 Å². The van der Waals surface area contributed by atoms with Gasteiger partial charge in [-0.2, -0.15) is 0 Å². The third-order valence-corrected chi connectivity index (χ3v) is 5.26. The molecule has 1 fully saturated rings. The lowest BCUT2D eigenvalue weighted by Crippen LogP contribution is -2.36. The number of amides is 3. The molecule has 0 radical (unpaired) electrons. The molecule has 1 aliphatic heterocycles. The molecule has 2 heterocycles. The fraction of sp³-hybridized carbons (Fsp3) is 0.316. The van der Waals surface area contributed by atoms with E-state index in [9.17, 15) is 23.7 Å². The average Bonchev–Trinajstić information content (AvgIpc) is 3.10. The molecule has 16 heteroatoms. The number of fused-ring (bicyclic) bond motifs is 1. The smallest absolute Gasteiger partial charge is 0.466 e. The molecule has 188 valence electrons. The summed E-state index contributed by atoms with van der Waals surface area (Å²) < 4.78 is 25.4. The fourth-order valence-electron chi connectivity index (χ4n) is 2.89. The highest BCUT2D eigenvalue weighted by Crippen LogP contribution is 2.35. The lowest BCUT2D eigenvalue weighted by molar-refractivity contribution is -0.171. The number of hydrogen-bond acceptors (Lipinski definition) is 10. The monoisotopic (exact) mass is 529 g/mol. The van der Waals surface area contributed by atoms with E-state index in [1.54, 1.807) is 12.1 Å². The SMILES string of the molecule is O=C(NCc1ccc2oc(=O)c(COC(=S)NCCOP(=O)(O)O)cc2c1)ON1C(=O)CCC1=O. The van der Waals surface area contributed by atoms with E-state index >= 15 is 0 Å². The van der Waals surface area contributed by atoms with Gasteiger partial charge in [-0.05, 0) is 36.0 Å². The molecule has 0 aliphatic carbocycles. The number of ether oxygens (including phenoxy) is 1. The Hall–Kier alpha value is -3.36. The number of rotatable bonds is 9. The second-order valence-electron chi connectivity index (χ2n) is 7.07. The minimum absolute atomic E-state index is 0.000637. The third kappa shape index (κ3) is 7.83. The van der Waals surface area contributed by atoms with Crippen molar-refractivity contribution in [2.45, 2.75) is 26.0 Å². The van der Waals surface area contributed by atoms with E-state index in [0.717, 1.165) is 0 Å². The molecule has 35 heavy (non-hydrogen) atoms. The van der Waals surface area contributed by atoms with Gasteiger partial charge in [0, 0.05) is 31.3 Å². The number of phosphoric ester groups is 1. The highest BCUT2D eigenvalue weighted by atomic mass is 32.1. The fourth-order valence-corrected chi connectivity index (χ4v) is 3.38. The Balaban J connectivity index is 1.55. The summed E-state index contributed by atoms with van der Waals surface area (Å²) >= 11 is 4.93. The molecule has 3 amide bonds. The van der Waals surface area contributed by atoms with Crippen molar-refractivity contribution in [1.82, 2.24) is 15.7 Å². The first-order valence-electron chi connectivity index (χ1n) is 10.00. The number of phosphoric acid groups is 1. The van der Waals surface area contributed by atoms with Crippen LogP contribution in [0.15, 0.2) is 33.5 Å². The topological polar surface area (TPSA) is 194 Å². The average molecular weight is 529 g/mol. The van der Waals surface area contributed by atoms with Gasteiger partial charge >= 0.3 is 19.5 Å². The summed E-state index contributed by atoms with van der Waals surface area (Å²) in [5.74, 6) is -1.19. The van der Waals surface area contributed by atoms with Gasteiger partial charge in [0.25, 0.3) is 17.0 Å². The van der Waals surface area contributed by atoms with E-state index < -0.39 is 31.4 Å². The van der Waals surface area contributed by atoms with Crippen molar-refractivity contribution >= 4 is 54.1 Å². The summed E-state index contributed by atoms with van der Waals surface area (Å²) in [6, 6.07) is 6.30. The Labute approximate surface area is 202 Å². The summed E-state index contributed by atoms with van der Waals surface area (Å²) in [6.07, 6.45) is -1.01. The molecule has 1 aliphatic rings. The van der Waals surface area contributed by atoms with E-state index in [1.807, 2.05) is 0 Å². The predicted octanol–water partition coefficient (Wildman–Crippen LogP) is 0.584. The normalized spacial score (nSPS) is 13.7. The molecule has 0 bridgehead atoms. The Morgan fingerprint density at radius 1 is 1.14 bits per heavy atom. The molecule has 0 spiro atoms. The lowest BCUT2D eigenvalue weighted by Gasteiger charge is -2.13. The Morgan fingerprint density at radius 3 is 2.54 bits per heavy atom. The first-order valence-corrected chi connectivity index (χ1v) is 11.9. The van der Waals surface area contributed by atoms with Crippen molar-refractivity contribution < 1.29 is 47.3 Å². The molecule has 4 N–H and O–H groups in total. The van der Waals surface area contributed by atoms with Gasteiger partial charge < -0.3 is 34.4 Å². The first kappa shape index (κ1) is 26.2. The standard InChI is InChI=1S/C19H20N3O11PS/c23-15-3-4-16(24)22(15)33-18(26)21-9-11-1-2-14-12(7-11)8-13(17(25)32-14)10-30-19(35)20-5-6-31-34(27,28)29/h1-2,7-8H,3-6,9-10H2,(H,20,35)(H,21,26)(H2,27,28,29). The van der Waals surface area contributed by atoms with Crippen molar-refractivity contribution in [3.05, 3.63) is 45.8 Å². The number of nitrogens with one attached hydrogen (secondary N) is 2. The quantitative estimate of drug-likeness (QED) is 0.116. The van der Waals surface area contributed by atoms with Gasteiger partial charge in [-0.25, -0.2) is 14.2 Å². The van der Waals surface area contributed by atoms with E-state index in [4.69, 9.17) is 36.0 Å². The number of hydrogen-bond donors (Lipinski definition) is 4. The van der Waals surface area contributed by atoms with Crippen molar-refractivity contribution in [3.8, 4) is 0 Å². The van der Waals surface area contributed by atoms with Crippen LogP contribution in [0.25, 0.3) is 11.0 Å². The number of benzene rings is 1. The van der Waals surface area contributed by atoms with Crippen LogP contribution >= 0.6 is 20.0 Å². The second kappa shape index (κ2) is 11.4. The lowest BCUT2D eigenvalue weighted by atomic mass is 10.1. The van der Waals surface area contributed by atoms with Crippen LogP contribution in [0, 0.1) is 0 Å². The highest BCUT2D eigenvalue weighted by Gasteiger charge is 2.32. The zero-order chi connectivity index (χ0) is 25.6. The summed E-state index contributed by atoms with van der Waals surface area (Å²) in [5, 5.41) is 5.82. The van der Waals surface area contributed by atoms with Crippen molar-refractivity contribution in [1.29, 1.82) is 0 Å². The van der Waals surface area contributed by atoms with Gasteiger partial charge in [-0.15, -0.1) is 5.06 Å². The zero-order valence-corrected chi connectivity index (χ0v) is 19.6. The van der Waals surface area contributed by atoms with E-state index in [1.165, 1.54) is 12.1 Å². The summed E-state index contributed by atoms with van der Waals surface area (Å²) in [6.45, 7) is -0.590. The molecule has 1 aromatic heterocycles. The Bertz CT molecular complexity index is 1240. The summed E-state index contributed by atoms with van der Waals surface area (Å²) in [5.41, 5.74) is 0.383. The van der Waals surface area contributed by atoms with Gasteiger partial charge in [0.15, 0.2) is 0 Å². The molecule has 0 atom stereocenters. The van der Waals surface area contributed by atoms with Gasteiger partial charge in [-0.3, -0.25) is 14.1 Å². The van der Waals surface area contributed by atoms with E-state index in [-0.39, 0.29) is 55.5 Å². The Morgan fingerprint density at radius 2 is 1.86 bits per heavy atom. The Kier molecular flexibility index (Phi) is 8.53. The summed E-state index contributed by atoms with van der Waals surface area (Å²) in [7, 11) is -4.58. The van der Waals surface area contributed by atoms with Crippen LogP contribution in [0.5, 0.6) is 0 Å². The van der Waals surface area contributed by atoms with Gasteiger partial charge in [0.2, 0.25) is 0 Å². The van der Waals surface area contributed by atoms with Crippen LogP contribution in [-0.2, 0) is 41.4 Å². The minimum Gasteiger partial charge on any atom is -0.466 e.